The minimum absolute atomic E-state index is 0.0721. The van der Waals surface area contributed by atoms with Crippen LogP contribution in [0, 0.1) is 0 Å². The Labute approximate surface area is 119 Å². The number of benzene rings is 1. The predicted molar refractivity (Wildman–Crippen MR) is 73.8 cm³/mol. The molecule has 0 aliphatic heterocycles. The number of hydrogen-bond donors (Lipinski definition) is 1. The number of rotatable bonds is 6. The Morgan fingerprint density at radius 1 is 1.35 bits per heavy atom. The lowest BCUT2D eigenvalue weighted by molar-refractivity contribution is -0.0494. The van der Waals surface area contributed by atoms with E-state index in [2.05, 4.69) is 15.0 Å². The van der Waals surface area contributed by atoms with Crippen LogP contribution in [0.4, 0.5) is 14.5 Å². The molecule has 0 amide bonds. The second kappa shape index (κ2) is 6.51. The molecule has 0 bridgehead atoms. The van der Waals surface area contributed by atoms with E-state index in [1.165, 1.54) is 24.5 Å². The van der Waals surface area contributed by atoms with Crippen LogP contribution < -0.4 is 14.8 Å². The van der Waals surface area contributed by atoms with Gasteiger partial charge in [0.2, 0.25) is 0 Å². The van der Waals surface area contributed by atoms with Crippen molar-refractivity contribution in [2.45, 2.75) is 19.6 Å². The molecule has 0 aliphatic rings. The van der Waals surface area contributed by atoms with Crippen molar-refractivity contribution in [1.29, 1.82) is 0 Å². The van der Waals surface area contributed by atoms with Crippen LogP contribution in [0.25, 0.3) is 0 Å². The molecule has 2 aromatic rings. The molecule has 1 heterocycles. The van der Waals surface area contributed by atoms with Crippen LogP contribution in [0.15, 0.2) is 29.1 Å². The van der Waals surface area contributed by atoms with Gasteiger partial charge in [-0.1, -0.05) is 0 Å². The molecule has 1 aromatic carbocycles. The standard InChI is InChI=1S/C13H14F2N2O2S/c1-8(11-6-20-7-16-11)17-10-5-9(18-2)3-4-12(10)19-13(14)15/h3-8,13,17H,1-2H3. The first-order valence-electron chi connectivity index (χ1n) is 5.87. The first-order chi connectivity index (χ1) is 9.60. The maximum absolute atomic E-state index is 12.4. The van der Waals surface area contributed by atoms with Crippen molar-refractivity contribution in [1.82, 2.24) is 4.98 Å². The van der Waals surface area contributed by atoms with E-state index in [9.17, 15) is 8.78 Å². The summed E-state index contributed by atoms with van der Waals surface area (Å²) in [6, 6.07) is 4.49. The summed E-state index contributed by atoms with van der Waals surface area (Å²) in [6.07, 6.45) is 0. The van der Waals surface area contributed by atoms with Crippen molar-refractivity contribution in [3.63, 3.8) is 0 Å². The third-order valence-corrected chi connectivity index (χ3v) is 3.27. The zero-order valence-electron chi connectivity index (χ0n) is 11.0. The number of thiazole rings is 1. The zero-order chi connectivity index (χ0) is 14.5. The fourth-order valence-corrected chi connectivity index (χ4v) is 2.34. The van der Waals surface area contributed by atoms with Crippen molar-refractivity contribution in [2.75, 3.05) is 12.4 Å². The molecule has 0 spiro atoms. The van der Waals surface area contributed by atoms with Gasteiger partial charge in [-0.2, -0.15) is 8.78 Å². The number of nitrogens with one attached hydrogen (secondary N) is 1. The highest BCUT2D eigenvalue weighted by Gasteiger charge is 2.14. The van der Waals surface area contributed by atoms with Crippen LogP contribution in [0.1, 0.15) is 18.7 Å². The summed E-state index contributed by atoms with van der Waals surface area (Å²) < 4.78 is 34.4. The smallest absolute Gasteiger partial charge is 0.387 e. The normalized spacial score (nSPS) is 12.2. The number of ether oxygens (including phenoxy) is 2. The van der Waals surface area contributed by atoms with Crippen LogP contribution in [0.5, 0.6) is 11.5 Å². The van der Waals surface area contributed by atoms with Crippen LogP contribution in [-0.4, -0.2) is 18.7 Å². The number of alkyl halides is 2. The van der Waals surface area contributed by atoms with E-state index >= 15 is 0 Å². The van der Waals surface area contributed by atoms with E-state index in [1.807, 2.05) is 12.3 Å². The highest BCUT2D eigenvalue weighted by Crippen LogP contribution is 2.33. The average molecular weight is 300 g/mol. The Hall–Kier alpha value is -1.89. The van der Waals surface area contributed by atoms with Crippen molar-refractivity contribution in [3.8, 4) is 11.5 Å². The zero-order valence-corrected chi connectivity index (χ0v) is 11.8. The van der Waals surface area contributed by atoms with Gasteiger partial charge in [-0.25, -0.2) is 4.98 Å². The quantitative estimate of drug-likeness (QED) is 0.878. The van der Waals surface area contributed by atoms with Crippen LogP contribution in [0.3, 0.4) is 0 Å². The fraction of sp³-hybridized carbons (Fsp3) is 0.308. The molecule has 1 atom stereocenters. The van der Waals surface area contributed by atoms with Gasteiger partial charge in [0, 0.05) is 11.4 Å². The Balaban J connectivity index is 2.23. The minimum atomic E-state index is -2.88. The maximum Gasteiger partial charge on any atom is 0.387 e. The first kappa shape index (κ1) is 14.5. The van der Waals surface area contributed by atoms with Gasteiger partial charge < -0.3 is 14.8 Å². The number of nitrogens with zero attached hydrogens (tertiary/aromatic N) is 1. The highest BCUT2D eigenvalue weighted by molar-refractivity contribution is 7.07. The van der Waals surface area contributed by atoms with Crippen LogP contribution in [0.2, 0.25) is 0 Å². The molecule has 108 valence electrons. The molecule has 0 aliphatic carbocycles. The summed E-state index contributed by atoms with van der Waals surface area (Å²) in [4.78, 5) is 4.18. The Morgan fingerprint density at radius 3 is 2.75 bits per heavy atom. The van der Waals surface area contributed by atoms with E-state index in [0.717, 1.165) is 5.69 Å². The summed E-state index contributed by atoms with van der Waals surface area (Å²) >= 11 is 1.47. The number of methoxy groups -OCH3 is 1. The summed E-state index contributed by atoms with van der Waals surface area (Å²) in [7, 11) is 1.51. The van der Waals surface area contributed by atoms with Crippen molar-refractivity contribution in [2.24, 2.45) is 0 Å². The third-order valence-electron chi connectivity index (χ3n) is 2.67. The predicted octanol–water partition coefficient (Wildman–Crippen LogP) is 3.93. The molecular weight excluding hydrogens is 286 g/mol. The van der Waals surface area contributed by atoms with Crippen molar-refractivity contribution >= 4 is 17.0 Å². The number of halogens is 2. The molecular formula is C13H14F2N2O2S. The molecule has 1 unspecified atom stereocenters. The summed E-state index contributed by atoms with van der Waals surface area (Å²) in [5.74, 6) is 0.627. The Morgan fingerprint density at radius 2 is 2.15 bits per heavy atom. The van der Waals surface area contributed by atoms with Gasteiger partial charge in [0.1, 0.15) is 11.5 Å². The van der Waals surface area contributed by atoms with Gasteiger partial charge in [-0.15, -0.1) is 11.3 Å². The van der Waals surface area contributed by atoms with E-state index in [-0.39, 0.29) is 11.8 Å². The number of anilines is 1. The SMILES string of the molecule is COc1ccc(OC(F)F)c(NC(C)c2cscn2)c1. The average Bonchev–Trinajstić information content (AvgIpc) is 2.94. The van der Waals surface area contributed by atoms with E-state index in [1.54, 1.807) is 17.6 Å². The number of hydrogen-bond acceptors (Lipinski definition) is 5. The third kappa shape index (κ3) is 3.57. The van der Waals surface area contributed by atoms with E-state index in [0.29, 0.717) is 11.4 Å². The van der Waals surface area contributed by atoms with Crippen LogP contribution in [-0.2, 0) is 0 Å². The Kier molecular flexibility index (Phi) is 4.73. The fourth-order valence-electron chi connectivity index (χ4n) is 1.69. The lowest BCUT2D eigenvalue weighted by Crippen LogP contribution is -2.10. The van der Waals surface area contributed by atoms with E-state index < -0.39 is 6.61 Å². The molecule has 4 nitrogen and oxygen atoms in total. The summed E-state index contributed by atoms with van der Waals surface area (Å²) in [5.41, 5.74) is 2.99. The van der Waals surface area contributed by atoms with Gasteiger partial charge in [0.25, 0.3) is 0 Å². The maximum atomic E-state index is 12.4. The second-order valence-corrected chi connectivity index (χ2v) is 4.74. The first-order valence-corrected chi connectivity index (χ1v) is 6.82. The Bertz CT molecular complexity index is 549. The monoisotopic (exact) mass is 300 g/mol. The topological polar surface area (TPSA) is 43.4 Å². The largest absolute Gasteiger partial charge is 0.497 e. The summed E-state index contributed by atoms with van der Waals surface area (Å²) in [5, 5.41) is 4.99. The lowest BCUT2D eigenvalue weighted by Gasteiger charge is -2.17. The summed E-state index contributed by atoms with van der Waals surface area (Å²) in [6.45, 7) is -0.987. The van der Waals surface area contributed by atoms with Gasteiger partial charge in [-0.3, -0.25) is 0 Å². The van der Waals surface area contributed by atoms with Gasteiger partial charge in [-0.05, 0) is 19.1 Å². The lowest BCUT2D eigenvalue weighted by atomic mass is 10.2. The van der Waals surface area contributed by atoms with Gasteiger partial charge >= 0.3 is 6.61 Å². The molecule has 1 aromatic heterocycles. The van der Waals surface area contributed by atoms with Crippen molar-refractivity contribution in [3.05, 3.63) is 34.8 Å². The van der Waals surface area contributed by atoms with Gasteiger partial charge in [0.15, 0.2) is 0 Å². The molecule has 0 fully saturated rings. The highest BCUT2D eigenvalue weighted by atomic mass is 32.1. The number of aromatic nitrogens is 1. The molecule has 7 heteroatoms. The molecule has 0 saturated heterocycles. The molecule has 0 saturated carbocycles. The molecule has 1 N–H and O–H groups in total. The molecule has 0 radical (unpaired) electrons. The molecule has 2 rings (SSSR count). The minimum Gasteiger partial charge on any atom is -0.497 e. The van der Waals surface area contributed by atoms with Crippen molar-refractivity contribution < 1.29 is 18.3 Å². The second-order valence-electron chi connectivity index (χ2n) is 4.02. The van der Waals surface area contributed by atoms with Crippen LogP contribution >= 0.6 is 11.3 Å². The van der Waals surface area contributed by atoms with Gasteiger partial charge in [0.05, 0.1) is 30.0 Å². The van der Waals surface area contributed by atoms with E-state index in [4.69, 9.17) is 4.74 Å². The molecule has 20 heavy (non-hydrogen) atoms.